The van der Waals surface area contributed by atoms with Crippen molar-refractivity contribution in [3.8, 4) is 0 Å². The lowest BCUT2D eigenvalue weighted by Crippen LogP contribution is -2.50. The van der Waals surface area contributed by atoms with Crippen LogP contribution in [0.15, 0.2) is 4.99 Å². The van der Waals surface area contributed by atoms with Gasteiger partial charge < -0.3 is 20.7 Å². The predicted octanol–water partition coefficient (Wildman–Crippen LogP) is 2.21. The third-order valence-electron chi connectivity index (χ3n) is 5.51. The molecular weight excluding hydrogens is 481 g/mol. The molecule has 3 N–H and O–H groups in total. The molecule has 1 atom stereocenters. The number of aliphatic imine (C=N–C) groups is 1. The molecule has 1 heterocycles. The highest BCUT2D eigenvalue weighted by atomic mass is 127. The molecule has 0 aromatic rings. The Bertz CT molecular complexity index is 484. The van der Waals surface area contributed by atoms with Crippen molar-refractivity contribution in [3.05, 3.63) is 0 Å². The molecule has 1 aliphatic carbocycles. The molecule has 0 bridgehead atoms. The first-order chi connectivity index (χ1) is 13.6. The molecular formula is C21H42IN5O2. The van der Waals surface area contributed by atoms with Gasteiger partial charge in [0.15, 0.2) is 5.96 Å². The van der Waals surface area contributed by atoms with Crippen molar-refractivity contribution in [1.29, 1.82) is 0 Å². The molecule has 1 saturated carbocycles. The normalized spacial score (nSPS) is 21.5. The molecule has 1 aliphatic heterocycles. The fourth-order valence-corrected chi connectivity index (χ4v) is 4.13. The Morgan fingerprint density at radius 3 is 2.55 bits per heavy atom. The molecule has 29 heavy (non-hydrogen) atoms. The lowest BCUT2D eigenvalue weighted by molar-refractivity contribution is -0.122. The van der Waals surface area contributed by atoms with E-state index in [2.05, 4.69) is 39.7 Å². The van der Waals surface area contributed by atoms with Gasteiger partial charge >= 0.3 is 0 Å². The van der Waals surface area contributed by atoms with Gasteiger partial charge in [0.1, 0.15) is 0 Å². The Morgan fingerprint density at radius 2 is 1.86 bits per heavy atom. The van der Waals surface area contributed by atoms with Gasteiger partial charge in [0, 0.05) is 52.7 Å². The van der Waals surface area contributed by atoms with Crippen molar-refractivity contribution in [3.63, 3.8) is 0 Å². The van der Waals surface area contributed by atoms with Gasteiger partial charge in [-0.2, -0.15) is 0 Å². The molecule has 1 amide bonds. The van der Waals surface area contributed by atoms with Crippen LogP contribution < -0.4 is 16.0 Å². The largest absolute Gasteiger partial charge is 0.374 e. The van der Waals surface area contributed by atoms with Gasteiger partial charge in [-0.15, -0.1) is 24.0 Å². The Hall–Kier alpha value is -0.610. The van der Waals surface area contributed by atoms with Gasteiger partial charge in [0.05, 0.1) is 12.7 Å². The van der Waals surface area contributed by atoms with Crippen molar-refractivity contribution in [2.24, 2.45) is 16.8 Å². The van der Waals surface area contributed by atoms with Crippen LogP contribution in [0.1, 0.15) is 52.4 Å². The Morgan fingerprint density at radius 1 is 1.14 bits per heavy atom. The maximum atomic E-state index is 12.1. The van der Waals surface area contributed by atoms with Crippen LogP contribution >= 0.6 is 24.0 Å². The second kappa shape index (κ2) is 15.2. The number of nitrogens with zero attached hydrogens (tertiary/aromatic N) is 2. The van der Waals surface area contributed by atoms with E-state index in [1.807, 2.05) is 0 Å². The topological polar surface area (TPSA) is 78.0 Å². The van der Waals surface area contributed by atoms with Gasteiger partial charge in [-0.25, -0.2) is 0 Å². The SMILES string of the molecule is CN=C(NCCNC(=O)CC1CCCCC1)NCC1CN(CC(C)C)CCO1.I. The number of hydrogen-bond donors (Lipinski definition) is 3. The average molecular weight is 524 g/mol. The lowest BCUT2D eigenvalue weighted by atomic mass is 9.87. The van der Waals surface area contributed by atoms with Crippen LogP contribution in [0, 0.1) is 11.8 Å². The fourth-order valence-electron chi connectivity index (χ4n) is 4.13. The number of halogens is 1. The summed E-state index contributed by atoms with van der Waals surface area (Å²) in [5.41, 5.74) is 0. The monoisotopic (exact) mass is 523 g/mol. The van der Waals surface area contributed by atoms with Gasteiger partial charge in [-0.3, -0.25) is 14.7 Å². The minimum absolute atomic E-state index is 0. The van der Waals surface area contributed by atoms with Crippen LogP contribution in [0.25, 0.3) is 0 Å². The fraction of sp³-hybridized carbons (Fsp3) is 0.905. The van der Waals surface area contributed by atoms with Crippen LogP contribution in [0.5, 0.6) is 0 Å². The molecule has 1 unspecified atom stereocenters. The van der Waals surface area contributed by atoms with Crippen molar-refractivity contribution in [2.45, 2.75) is 58.5 Å². The van der Waals surface area contributed by atoms with E-state index < -0.39 is 0 Å². The molecule has 0 spiro atoms. The summed E-state index contributed by atoms with van der Waals surface area (Å²) < 4.78 is 5.87. The quantitative estimate of drug-likeness (QED) is 0.187. The first-order valence-corrected chi connectivity index (χ1v) is 11.1. The van der Waals surface area contributed by atoms with E-state index in [4.69, 9.17) is 4.74 Å². The lowest BCUT2D eigenvalue weighted by Gasteiger charge is -2.34. The van der Waals surface area contributed by atoms with Crippen LogP contribution in [0.4, 0.5) is 0 Å². The molecule has 170 valence electrons. The van der Waals surface area contributed by atoms with Crippen molar-refractivity contribution < 1.29 is 9.53 Å². The summed E-state index contributed by atoms with van der Waals surface area (Å²) in [4.78, 5) is 18.8. The number of amides is 1. The summed E-state index contributed by atoms with van der Waals surface area (Å²) >= 11 is 0. The number of hydrogen-bond acceptors (Lipinski definition) is 4. The zero-order chi connectivity index (χ0) is 20.2. The van der Waals surface area contributed by atoms with E-state index in [1.54, 1.807) is 7.05 Å². The molecule has 2 aliphatic rings. The first kappa shape index (κ1) is 26.4. The number of carbonyl (C=O) groups excluding carboxylic acids is 1. The number of morpholine rings is 1. The maximum absolute atomic E-state index is 12.1. The van der Waals surface area contributed by atoms with Crippen LogP contribution in [-0.4, -0.2) is 75.8 Å². The molecule has 1 saturated heterocycles. The second-order valence-electron chi connectivity index (χ2n) is 8.58. The van der Waals surface area contributed by atoms with E-state index in [9.17, 15) is 4.79 Å². The van der Waals surface area contributed by atoms with Gasteiger partial charge in [0.25, 0.3) is 0 Å². The second-order valence-corrected chi connectivity index (χ2v) is 8.58. The van der Waals surface area contributed by atoms with Gasteiger partial charge in [-0.1, -0.05) is 33.1 Å². The number of nitrogens with one attached hydrogen (secondary N) is 3. The standard InChI is InChI=1S/C21H41N5O2.HI/c1-17(2)15-26-11-12-28-19(16-26)14-25-21(22-3)24-10-9-23-20(27)13-18-7-5-4-6-8-18;/h17-19H,4-16H2,1-3H3,(H,23,27)(H2,22,24,25);1H. The zero-order valence-electron chi connectivity index (χ0n) is 18.5. The molecule has 2 rings (SSSR count). The van der Waals surface area contributed by atoms with E-state index in [0.717, 1.165) is 38.7 Å². The smallest absolute Gasteiger partial charge is 0.220 e. The zero-order valence-corrected chi connectivity index (χ0v) is 20.9. The molecule has 0 aromatic heterocycles. The van der Waals surface area contributed by atoms with Crippen molar-refractivity contribution >= 4 is 35.8 Å². The van der Waals surface area contributed by atoms with E-state index in [-0.39, 0.29) is 36.0 Å². The molecule has 8 heteroatoms. The van der Waals surface area contributed by atoms with E-state index >= 15 is 0 Å². The summed E-state index contributed by atoms with van der Waals surface area (Å²) in [6.07, 6.45) is 7.17. The minimum atomic E-state index is 0. The molecule has 0 aromatic carbocycles. The highest BCUT2D eigenvalue weighted by Gasteiger charge is 2.21. The van der Waals surface area contributed by atoms with E-state index in [1.165, 1.54) is 32.1 Å². The van der Waals surface area contributed by atoms with E-state index in [0.29, 0.717) is 31.3 Å². The maximum Gasteiger partial charge on any atom is 0.220 e. The summed E-state index contributed by atoms with van der Waals surface area (Å²) in [5.74, 6) is 2.19. The summed E-state index contributed by atoms with van der Waals surface area (Å²) in [7, 11) is 1.77. The third-order valence-corrected chi connectivity index (χ3v) is 5.51. The predicted molar refractivity (Wildman–Crippen MR) is 130 cm³/mol. The van der Waals surface area contributed by atoms with Gasteiger partial charge in [0.2, 0.25) is 5.91 Å². The average Bonchev–Trinajstić information content (AvgIpc) is 2.68. The van der Waals surface area contributed by atoms with Crippen molar-refractivity contribution in [2.75, 3.05) is 52.9 Å². The molecule has 2 fully saturated rings. The van der Waals surface area contributed by atoms with Crippen molar-refractivity contribution in [1.82, 2.24) is 20.9 Å². The highest BCUT2D eigenvalue weighted by Crippen LogP contribution is 2.25. The minimum Gasteiger partial charge on any atom is -0.374 e. The Labute approximate surface area is 194 Å². The van der Waals surface area contributed by atoms with Crippen LogP contribution in [0.2, 0.25) is 0 Å². The summed E-state index contributed by atoms with van der Waals surface area (Å²) in [5, 5.41) is 9.63. The number of carbonyl (C=O) groups is 1. The molecule has 0 radical (unpaired) electrons. The summed E-state index contributed by atoms with van der Waals surface area (Å²) in [6.45, 7) is 10.4. The molecule has 7 nitrogen and oxygen atoms in total. The van der Waals surface area contributed by atoms with Crippen LogP contribution in [-0.2, 0) is 9.53 Å². The van der Waals surface area contributed by atoms with Gasteiger partial charge in [-0.05, 0) is 24.7 Å². The number of guanidine groups is 1. The Kier molecular flexibility index (Phi) is 13.9. The highest BCUT2D eigenvalue weighted by molar-refractivity contribution is 14.0. The Balaban J connectivity index is 0.00000420. The first-order valence-electron chi connectivity index (χ1n) is 11.1. The van der Waals surface area contributed by atoms with Crippen LogP contribution in [0.3, 0.4) is 0 Å². The number of ether oxygens (including phenoxy) is 1. The third kappa shape index (κ3) is 11.4. The summed E-state index contributed by atoms with van der Waals surface area (Å²) in [6, 6.07) is 0. The number of rotatable bonds is 9.